The van der Waals surface area contributed by atoms with Gasteiger partial charge in [-0.3, -0.25) is 0 Å². The smallest absolute Gasteiger partial charge is 0.322 e. The van der Waals surface area contributed by atoms with Crippen LogP contribution in [0.15, 0.2) is 42.5 Å². The summed E-state index contributed by atoms with van der Waals surface area (Å²) < 4.78 is 18.4. The van der Waals surface area contributed by atoms with E-state index in [-0.39, 0.29) is 18.4 Å². The second-order valence-electron chi connectivity index (χ2n) is 5.62. The Hall–Kier alpha value is -2.60. The van der Waals surface area contributed by atoms with E-state index in [1.165, 1.54) is 25.3 Å². The van der Waals surface area contributed by atoms with Crippen molar-refractivity contribution < 1.29 is 19.0 Å². The first-order valence-electron chi connectivity index (χ1n) is 7.74. The Labute approximate surface area is 139 Å². The quantitative estimate of drug-likeness (QED) is 0.909. The number of urea groups is 1. The number of aliphatic hydroxyl groups excluding tert-OH is 1. The van der Waals surface area contributed by atoms with Gasteiger partial charge in [0.1, 0.15) is 11.6 Å². The number of amides is 2. The first kappa shape index (κ1) is 16.3. The molecular weight excluding hydrogens is 311 g/mol. The van der Waals surface area contributed by atoms with Crippen LogP contribution in [0.5, 0.6) is 5.75 Å². The summed E-state index contributed by atoms with van der Waals surface area (Å²) in [5.41, 5.74) is 2.48. The Bertz CT molecular complexity index is 751. The van der Waals surface area contributed by atoms with E-state index < -0.39 is 11.9 Å². The number of methoxy groups -OCH3 is 1. The maximum absolute atomic E-state index is 13.3. The number of rotatable bonds is 3. The fourth-order valence-corrected chi connectivity index (χ4v) is 3.05. The maximum atomic E-state index is 13.3. The number of carbonyl (C=O) groups is 1. The van der Waals surface area contributed by atoms with Gasteiger partial charge < -0.3 is 20.1 Å². The highest BCUT2D eigenvalue weighted by Crippen LogP contribution is 2.31. The lowest BCUT2D eigenvalue weighted by atomic mass is 9.93. The third-order valence-electron chi connectivity index (χ3n) is 4.25. The number of ether oxygens (including phenoxy) is 1. The van der Waals surface area contributed by atoms with Crippen LogP contribution >= 0.6 is 0 Å². The van der Waals surface area contributed by atoms with E-state index in [4.69, 9.17) is 4.74 Å². The van der Waals surface area contributed by atoms with Crippen molar-refractivity contribution in [2.45, 2.75) is 12.5 Å². The van der Waals surface area contributed by atoms with Gasteiger partial charge >= 0.3 is 6.03 Å². The number of anilines is 1. The Kier molecular flexibility index (Phi) is 4.66. The van der Waals surface area contributed by atoms with Crippen molar-refractivity contribution in [3.63, 3.8) is 0 Å². The van der Waals surface area contributed by atoms with Crippen LogP contribution in [0.2, 0.25) is 0 Å². The monoisotopic (exact) mass is 330 g/mol. The summed E-state index contributed by atoms with van der Waals surface area (Å²) in [4.78, 5) is 14.2. The van der Waals surface area contributed by atoms with Gasteiger partial charge in [0.2, 0.25) is 0 Å². The second-order valence-corrected chi connectivity index (χ2v) is 5.62. The van der Waals surface area contributed by atoms with Gasteiger partial charge in [0.25, 0.3) is 0 Å². The van der Waals surface area contributed by atoms with E-state index in [2.05, 4.69) is 5.32 Å². The van der Waals surface area contributed by atoms with Crippen LogP contribution in [0.4, 0.5) is 14.9 Å². The molecule has 126 valence electrons. The van der Waals surface area contributed by atoms with Crippen LogP contribution in [0, 0.1) is 5.82 Å². The number of hydrogen-bond donors (Lipinski definition) is 2. The number of nitrogens with zero attached hydrogens (tertiary/aromatic N) is 1. The lowest BCUT2D eigenvalue weighted by Crippen LogP contribution is -2.43. The molecule has 0 bridgehead atoms. The lowest BCUT2D eigenvalue weighted by molar-refractivity contribution is 0.135. The Morgan fingerprint density at radius 1 is 1.38 bits per heavy atom. The molecule has 0 spiro atoms. The van der Waals surface area contributed by atoms with Crippen molar-refractivity contribution >= 4 is 11.7 Å². The van der Waals surface area contributed by atoms with Crippen molar-refractivity contribution in [3.05, 3.63) is 59.4 Å². The zero-order chi connectivity index (χ0) is 17.1. The van der Waals surface area contributed by atoms with E-state index in [1.807, 2.05) is 24.3 Å². The fourth-order valence-electron chi connectivity index (χ4n) is 3.05. The molecule has 2 aromatic carbocycles. The van der Waals surface area contributed by atoms with Gasteiger partial charge in [-0.25, -0.2) is 9.18 Å². The number of hydrogen-bond acceptors (Lipinski definition) is 3. The van der Waals surface area contributed by atoms with Crippen LogP contribution in [-0.2, 0) is 6.42 Å². The molecule has 3 rings (SSSR count). The molecule has 24 heavy (non-hydrogen) atoms. The van der Waals surface area contributed by atoms with Gasteiger partial charge in [-0.2, -0.15) is 0 Å². The standard InChI is InChI=1S/C18H19FN2O3/c1-24-17-10-13(19)6-7-15(17)20-18(23)21-9-8-12-4-2-3-5-14(12)16(21)11-22/h2-7,10,16,22H,8-9,11H2,1H3,(H,20,23). The highest BCUT2D eigenvalue weighted by molar-refractivity contribution is 5.91. The number of carbonyl (C=O) groups excluding carboxylic acids is 1. The summed E-state index contributed by atoms with van der Waals surface area (Å²) in [6.07, 6.45) is 0.723. The first-order chi connectivity index (χ1) is 11.6. The van der Waals surface area contributed by atoms with Gasteiger partial charge in [-0.1, -0.05) is 24.3 Å². The summed E-state index contributed by atoms with van der Waals surface area (Å²) in [5, 5.41) is 12.5. The molecule has 0 saturated carbocycles. The van der Waals surface area contributed by atoms with Gasteiger partial charge in [0.15, 0.2) is 0 Å². The van der Waals surface area contributed by atoms with Crippen molar-refractivity contribution in [3.8, 4) is 5.75 Å². The maximum Gasteiger partial charge on any atom is 0.322 e. The van der Waals surface area contributed by atoms with Crippen molar-refractivity contribution in [1.82, 2.24) is 4.90 Å². The molecule has 1 aliphatic heterocycles. The molecule has 5 nitrogen and oxygen atoms in total. The van der Waals surface area contributed by atoms with E-state index in [1.54, 1.807) is 4.90 Å². The normalized spacial score (nSPS) is 16.5. The van der Waals surface area contributed by atoms with E-state index in [9.17, 15) is 14.3 Å². The third-order valence-corrected chi connectivity index (χ3v) is 4.25. The van der Waals surface area contributed by atoms with Crippen LogP contribution in [0.25, 0.3) is 0 Å². The van der Waals surface area contributed by atoms with Crippen molar-refractivity contribution in [2.24, 2.45) is 0 Å². The molecule has 0 aromatic heterocycles. The minimum Gasteiger partial charge on any atom is -0.494 e. The topological polar surface area (TPSA) is 61.8 Å². The first-order valence-corrected chi connectivity index (χ1v) is 7.74. The molecule has 1 heterocycles. The van der Waals surface area contributed by atoms with E-state index in [0.717, 1.165) is 17.5 Å². The summed E-state index contributed by atoms with van der Waals surface area (Å²) in [5.74, 6) is -0.189. The fraction of sp³-hybridized carbons (Fsp3) is 0.278. The molecule has 1 aliphatic rings. The number of nitrogens with one attached hydrogen (secondary N) is 1. The molecule has 2 amide bonds. The molecule has 2 N–H and O–H groups in total. The SMILES string of the molecule is COc1cc(F)ccc1NC(=O)N1CCc2ccccc2C1CO. The number of aliphatic hydroxyl groups is 1. The highest BCUT2D eigenvalue weighted by atomic mass is 19.1. The third kappa shape index (κ3) is 3.05. The minimum atomic E-state index is -0.440. The summed E-state index contributed by atoms with van der Waals surface area (Å²) >= 11 is 0. The Morgan fingerprint density at radius 2 is 2.17 bits per heavy atom. The molecule has 2 aromatic rings. The highest BCUT2D eigenvalue weighted by Gasteiger charge is 2.30. The molecule has 1 atom stereocenters. The van der Waals surface area contributed by atoms with Gasteiger partial charge in [-0.05, 0) is 29.7 Å². The minimum absolute atomic E-state index is 0.162. The van der Waals surface area contributed by atoms with Crippen molar-refractivity contribution in [1.29, 1.82) is 0 Å². The van der Waals surface area contributed by atoms with Gasteiger partial charge in [0, 0.05) is 12.6 Å². The molecule has 0 fully saturated rings. The molecule has 0 radical (unpaired) electrons. The molecular formula is C18H19FN2O3. The van der Waals surface area contributed by atoms with Crippen LogP contribution < -0.4 is 10.1 Å². The second kappa shape index (κ2) is 6.88. The number of benzene rings is 2. The molecule has 1 unspecified atom stereocenters. The van der Waals surface area contributed by atoms with E-state index in [0.29, 0.717) is 12.2 Å². The largest absolute Gasteiger partial charge is 0.494 e. The van der Waals surface area contributed by atoms with Gasteiger partial charge in [0.05, 0.1) is 25.4 Å². The average molecular weight is 330 g/mol. The number of fused-ring (bicyclic) bond motifs is 1. The summed E-state index contributed by atoms with van der Waals surface area (Å²) in [6.45, 7) is 0.336. The van der Waals surface area contributed by atoms with E-state index >= 15 is 0 Å². The summed E-state index contributed by atoms with van der Waals surface area (Å²) in [7, 11) is 1.41. The van der Waals surface area contributed by atoms with Crippen LogP contribution in [0.3, 0.4) is 0 Å². The van der Waals surface area contributed by atoms with Crippen LogP contribution in [0.1, 0.15) is 17.2 Å². The predicted molar refractivity (Wildman–Crippen MR) is 88.6 cm³/mol. The zero-order valence-corrected chi connectivity index (χ0v) is 13.3. The summed E-state index contributed by atoms with van der Waals surface area (Å²) in [6, 6.07) is 11.0. The zero-order valence-electron chi connectivity index (χ0n) is 13.3. The molecule has 6 heteroatoms. The number of halogens is 1. The predicted octanol–water partition coefficient (Wildman–Crippen LogP) is 2.96. The van der Waals surface area contributed by atoms with Crippen LogP contribution in [-0.4, -0.2) is 36.3 Å². The Morgan fingerprint density at radius 3 is 2.92 bits per heavy atom. The van der Waals surface area contributed by atoms with Gasteiger partial charge in [-0.15, -0.1) is 0 Å². The molecule has 0 aliphatic carbocycles. The lowest BCUT2D eigenvalue weighted by Gasteiger charge is -2.36. The molecule has 0 saturated heterocycles. The van der Waals surface area contributed by atoms with Crippen molar-refractivity contribution in [2.75, 3.05) is 25.6 Å². The average Bonchev–Trinajstić information content (AvgIpc) is 2.61. The Balaban J connectivity index is 1.83.